The molecule has 0 bridgehead atoms. The molecule has 8 heteroatoms. The van der Waals surface area contributed by atoms with Crippen LogP contribution in [-0.4, -0.2) is 53.0 Å². The Balaban J connectivity index is 1.36. The number of nitrogens with zero attached hydrogens (tertiary/aromatic N) is 7. The van der Waals surface area contributed by atoms with Crippen molar-refractivity contribution in [2.75, 3.05) is 14.1 Å². The summed E-state index contributed by atoms with van der Waals surface area (Å²) in [5.41, 5.74) is 8.04. The fourth-order valence-electron chi connectivity index (χ4n) is 4.58. The van der Waals surface area contributed by atoms with Gasteiger partial charge in [0.2, 0.25) is 0 Å². The van der Waals surface area contributed by atoms with E-state index in [0.717, 1.165) is 29.0 Å². The summed E-state index contributed by atoms with van der Waals surface area (Å²) in [7, 11) is 3.83. The van der Waals surface area contributed by atoms with E-state index < -0.39 is 0 Å². The van der Waals surface area contributed by atoms with Crippen LogP contribution < -0.4 is 0 Å². The third kappa shape index (κ3) is 3.90. The maximum absolute atomic E-state index is 13.4. The van der Waals surface area contributed by atoms with Crippen molar-refractivity contribution in [3.63, 3.8) is 0 Å². The van der Waals surface area contributed by atoms with Crippen molar-refractivity contribution >= 4 is 17.1 Å². The van der Waals surface area contributed by atoms with Crippen molar-refractivity contribution in [2.45, 2.75) is 40.3 Å². The highest BCUT2D eigenvalue weighted by Crippen LogP contribution is 2.19. The van der Waals surface area contributed by atoms with E-state index >= 15 is 0 Å². The van der Waals surface area contributed by atoms with Crippen molar-refractivity contribution in [1.29, 1.82) is 0 Å². The number of aryl methyl sites for hydroxylation is 3. The zero-order valence-corrected chi connectivity index (χ0v) is 20.4. The Morgan fingerprint density at radius 1 is 1.12 bits per heavy atom. The topological polar surface area (TPSA) is 69.5 Å². The monoisotopic (exact) mass is 456 g/mol. The number of hydrogen-bond acceptors (Lipinski definition) is 4. The lowest BCUT2D eigenvalue weighted by molar-refractivity contribution is -0.821. The molecule has 8 nitrogen and oxygen atoms in total. The van der Waals surface area contributed by atoms with E-state index in [0.29, 0.717) is 18.7 Å². The zero-order valence-electron chi connectivity index (χ0n) is 20.4. The third-order valence-corrected chi connectivity index (χ3v) is 6.42. The molecule has 0 aromatic carbocycles. The van der Waals surface area contributed by atoms with Crippen LogP contribution in [0.4, 0.5) is 0 Å². The van der Waals surface area contributed by atoms with Gasteiger partial charge < -0.3 is 8.80 Å². The fraction of sp³-hybridized carbons (Fsp3) is 0.308. The zero-order chi connectivity index (χ0) is 24.0. The molecular weight excluding hydrogens is 426 g/mol. The third-order valence-electron chi connectivity index (χ3n) is 6.42. The van der Waals surface area contributed by atoms with Gasteiger partial charge in [0.15, 0.2) is 0 Å². The van der Waals surface area contributed by atoms with Crippen LogP contribution in [0.25, 0.3) is 11.2 Å². The van der Waals surface area contributed by atoms with E-state index in [4.69, 9.17) is 4.98 Å². The molecule has 0 aliphatic rings. The van der Waals surface area contributed by atoms with Crippen LogP contribution in [0, 0.1) is 13.8 Å². The Hall–Kier alpha value is -3.78. The van der Waals surface area contributed by atoms with Gasteiger partial charge in [0.05, 0.1) is 44.4 Å². The second-order valence-corrected chi connectivity index (χ2v) is 9.54. The second-order valence-electron chi connectivity index (χ2n) is 9.54. The molecule has 0 saturated carbocycles. The Kier molecular flexibility index (Phi) is 5.32. The van der Waals surface area contributed by atoms with Gasteiger partial charge in [0.1, 0.15) is 23.4 Å². The number of amides is 1. The average molecular weight is 457 g/mol. The SMILES string of the molecule is CCc1c(C)ccc2nc(Cn3cc(C(=O)[N+](C)(C)Cc4ncn5ccc(C)cc45)cn3)cn12. The van der Waals surface area contributed by atoms with Crippen molar-refractivity contribution in [3.8, 4) is 0 Å². The first-order chi connectivity index (χ1) is 16.2. The van der Waals surface area contributed by atoms with Crippen LogP contribution in [0.3, 0.4) is 0 Å². The number of hydrogen-bond donors (Lipinski definition) is 0. The highest BCUT2D eigenvalue weighted by atomic mass is 16.2. The van der Waals surface area contributed by atoms with Gasteiger partial charge in [-0.25, -0.2) is 14.8 Å². The number of carbonyl (C=O) groups excluding carboxylic acids is 1. The van der Waals surface area contributed by atoms with Crippen molar-refractivity contribution in [1.82, 2.24) is 28.5 Å². The normalized spacial score (nSPS) is 12.1. The fourth-order valence-corrected chi connectivity index (χ4v) is 4.58. The van der Waals surface area contributed by atoms with Gasteiger partial charge in [-0.15, -0.1) is 0 Å². The van der Waals surface area contributed by atoms with E-state index in [-0.39, 0.29) is 10.4 Å². The van der Waals surface area contributed by atoms with Gasteiger partial charge in [-0.1, -0.05) is 13.0 Å². The molecular formula is C26H30N7O+. The van der Waals surface area contributed by atoms with E-state index in [1.54, 1.807) is 17.2 Å². The number of pyridine rings is 2. The summed E-state index contributed by atoms with van der Waals surface area (Å²) in [6.07, 6.45) is 10.3. The summed E-state index contributed by atoms with van der Waals surface area (Å²) in [4.78, 5) is 22.7. The molecule has 0 atom stereocenters. The Morgan fingerprint density at radius 3 is 2.74 bits per heavy atom. The molecule has 5 rings (SSSR count). The van der Waals surface area contributed by atoms with Gasteiger partial charge in [-0.3, -0.25) is 9.16 Å². The smallest absolute Gasteiger partial charge is 0.306 e. The van der Waals surface area contributed by atoms with Gasteiger partial charge in [-0.2, -0.15) is 5.10 Å². The molecule has 1 amide bonds. The number of aromatic nitrogens is 6. The van der Waals surface area contributed by atoms with Crippen LogP contribution >= 0.6 is 0 Å². The number of quaternary nitrogens is 1. The molecule has 174 valence electrons. The summed E-state index contributed by atoms with van der Waals surface area (Å²) in [6, 6.07) is 8.30. The van der Waals surface area contributed by atoms with E-state index in [1.807, 2.05) is 43.0 Å². The highest BCUT2D eigenvalue weighted by Gasteiger charge is 2.31. The Labute approximate surface area is 198 Å². The van der Waals surface area contributed by atoms with Gasteiger partial charge in [-0.05, 0) is 49.6 Å². The summed E-state index contributed by atoms with van der Waals surface area (Å²) >= 11 is 0. The minimum atomic E-state index is -0.000974. The largest absolute Gasteiger partial charge is 0.349 e. The molecule has 5 aromatic rings. The maximum Gasteiger partial charge on any atom is 0.349 e. The molecule has 5 aromatic heterocycles. The molecule has 0 aliphatic heterocycles. The first kappa shape index (κ1) is 22.0. The van der Waals surface area contributed by atoms with E-state index in [1.165, 1.54) is 16.8 Å². The first-order valence-corrected chi connectivity index (χ1v) is 11.5. The molecule has 5 heterocycles. The lowest BCUT2D eigenvalue weighted by Crippen LogP contribution is -2.44. The predicted molar refractivity (Wildman–Crippen MR) is 131 cm³/mol. The maximum atomic E-state index is 13.4. The summed E-state index contributed by atoms with van der Waals surface area (Å²) in [5.74, 6) is -0.000974. The van der Waals surface area contributed by atoms with E-state index in [2.05, 4.69) is 53.6 Å². The number of carbonyl (C=O) groups is 1. The average Bonchev–Trinajstić information content (AvgIpc) is 3.52. The molecule has 0 saturated heterocycles. The predicted octanol–water partition coefficient (Wildman–Crippen LogP) is 3.82. The minimum absolute atomic E-state index is 0.000974. The van der Waals surface area contributed by atoms with Crippen LogP contribution in [-0.2, 0) is 19.5 Å². The molecule has 0 spiro atoms. The summed E-state index contributed by atoms with van der Waals surface area (Å²) < 4.78 is 6.07. The minimum Gasteiger partial charge on any atom is -0.306 e. The molecule has 0 N–H and O–H groups in total. The summed E-state index contributed by atoms with van der Waals surface area (Å²) in [5, 5.41) is 4.45. The standard InChI is InChI=1S/C26H30N7O/c1-6-23-19(3)7-8-25-29-21(15-32(23)25)14-31-13-20(12-28-31)26(34)33(4,5)16-22-24-11-18(2)9-10-30(24)17-27-22/h7-13,15,17H,6,14,16H2,1-5H3/q+1. The first-order valence-electron chi connectivity index (χ1n) is 11.5. The molecule has 0 fully saturated rings. The number of imidazole rings is 2. The lowest BCUT2D eigenvalue weighted by atomic mass is 10.2. The van der Waals surface area contributed by atoms with Gasteiger partial charge in [0, 0.05) is 24.3 Å². The Morgan fingerprint density at radius 2 is 1.94 bits per heavy atom. The summed E-state index contributed by atoms with van der Waals surface area (Å²) in [6.45, 7) is 7.34. The van der Waals surface area contributed by atoms with Gasteiger partial charge in [0.25, 0.3) is 0 Å². The van der Waals surface area contributed by atoms with Crippen molar-refractivity contribution in [2.24, 2.45) is 0 Å². The highest BCUT2D eigenvalue weighted by molar-refractivity contribution is 5.88. The number of fused-ring (bicyclic) bond motifs is 2. The van der Waals surface area contributed by atoms with Crippen molar-refractivity contribution < 1.29 is 9.28 Å². The quantitative estimate of drug-likeness (QED) is 0.364. The Bertz CT molecular complexity index is 1520. The van der Waals surface area contributed by atoms with Crippen LogP contribution in [0.5, 0.6) is 0 Å². The van der Waals surface area contributed by atoms with Gasteiger partial charge >= 0.3 is 5.91 Å². The second kappa shape index (κ2) is 8.22. The number of rotatable bonds is 6. The van der Waals surface area contributed by atoms with Crippen molar-refractivity contribution in [3.05, 3.63) is 89.2 Å². The van der Waals surface area contributed by atoms with E-state index in [9.17, 15) is 4.79 Å². The lowest BCUT2D eigenvalue weighted by Gasteiger charge is -2.25. The molecule has 0 radical (unpaired) electrons. The molecule has 0 unspecified atom stereocenters. The molecule has 34 heavy (non-hydrogen) atoms. The van der Waals surface area contributed by atoms with Crippen LogP contribution in [0.1, 0.15) is 45.5 Å². The molecule has 0 aliphatic carbocycles. The van der Waals surface area contributed by atoms with Crippen LogP contribution in [0.2, 0.25) is 0 Å². The van der Waals surface area contributed by atoms with Crippen LogP contribution in [0.15, 0.2) is 55.4 Å².